The number of nitrogens with one attached hydrogen (secondary N) is 1. The summed E-state index contributed by atoms with van der Waals surface area (Å²) in [4.78, 5) is 27.8. The van der Waals surface area contributed by atoms with Crippen LogP contribution in [0, 0.1) is 0 Å². The summed E-state index contributed by atoms with van der Waals surface area (Å²) in [5.74, 6) is 0.455. The summed E-state index contributed by atoms with van der Waals surface area (Å²) in [6, 6.07) is 6.67. The highest BCUT2D eigenvalue weighted by Crippen LogP contribution is 2.45. The molecule has 1 amide bonds. The Hall–Kier alpha value is -2.54. The summed E-state index contributed by atoms with van der Waals surface area (Å²) in [5.41, 5.74) is 7.97. The number of thioether (sulfide) groups is 2. The van der Waals surface area contributed by atoms with E-state index in [9.17, 15) is 9.59 Å². The number of hydrogen-bond donors (Lipinski definition) is 2. The molecule has 0 spiro atoms. The number of benzene rings is 1. The van der Waals surface area contributed by atoms with Gasteiger partial charge in [0.15, 0.2) is 0 Å². The second-order valence-corrected chi connectivity index (χ2v) is 10.8. The standard InChI is InChI=1S/C23H27N5O5S2/c1-31-14-7-5-13(6-8-14)11-33-23(30)19-15(12-34-22-18(24)21(29)28(19)22)20(16-4-2-3-9-32-16)35-17-10-25-27-26-17/h5-8,10,16,18,20,22H,2-4,9,11-12,24H2,1H3,(H,25,26,27)/t16?,18?,20?,22-/m0/s1. The van der Waals surface area contributed by atoms with Gasteiger partial charge in [-0.25, -0.2) is 4.79 Å². The van der Waals surface area contributed by atoms with Crippen molar-refractivity contribution in [2.75, 3.05) is 19.5 Å². The zero-order valence-corrected chi connectivity index (χ0v) is 20.8. The molecule has 2 aromatic rings. The van der Waals surface area contributed by atoms with Crippen molar-refractivity contribution in [1.29, 1.82) is 0 Å². The van der Waals surface area contributed by atoms with Gasteiger partial charge in [-0.15, -0.1) is 16.9 Å². The quantitative estimate of drug-likeness (QED) is 0.305. The van der Waals surface area contributed by atoms with Crippen LogP contribution in [0.3, 0.4) is 0 Å². The van der Waals surface area contributed by atoms with E-state index >= 15 is 0 Å². The van der Waals surface area contributed by atoms with E-state index in [0.717, 1.165) is 36.1 Å². The number of hydrogen-bond acceptors (Lipinski definition) is 10. The first-order valence-electron chi connectivity index (χ1n) is 11.4. The molecule has 4 heterocycles. The van der Waals surface area contributed by atoms with Gasteiger partial charge < -0.3 is 19.9 Å². The molecule has 1 aromatic carbocycles. The molecular weight excluding hydrogens is 490 g/mol. The molecule has 3 aliphatic heterocycles. The number of rotatable bonds is 8. The first-order valence-corrected chi connectivity index (χ1v) is 13.4. The van der Waals surface area contributed by atoms with Gasteiger partial charge in [0, 0.05) is 12.4 Å². The average Bonchev–Trinajstić information content (AvgIpc) is 3.43. The third-order valence-electron chi connectivity index (χ3n) is 6.30. The second-order valence-electron chi connectivity index (χ2n) is 8.49. The number of ether oxygens (including phenoxy) is 3. The lowest BCUT2D eigenvalue weighted by Gasteiger charge is -2.49. The smallest absolute Gasteiger partial charge is 0.355 e. The maximum absolute atomic E-state index is 13.5. The third kappa shape index (κ3) is 4.92. The molecule has 12 heteroatoms. The van der Waals surface area contributed by atoms with Crippen LogP contribution in [0.5, 0.6) is 5.75 Å². The van der Waals surface area contributed by atoms with E-state index in [2.05, 4.69) is 15.4 Å². The predicted octanol–water partition coefficient (Wildman–Crippen LogP) is 2.08. The van der Waals surface area contributed by atoms with Crippen molar-refractivity contribution in [3.05, 3.63) is 47.3 Å². The molecular formula is C23H27N5O5S2. The fourth-order valence-electron chi connectivity index (χ4n) is 4.44. The Bertz CT molecular complexity index is 1090. The normalized spacial score (nSPS) is 25.0. The van der Waals surface area contributed by atoms with Crippen LogP contribution in [-0.4, -0.2) is 74.4 Å². The molecule has 4 atom stereocenters. The molecule has 2 fully saturated rings. The van der Waals surface area contributed by atoms with Gasteiger partial charge in [0.05, 0.1) is 24.7 Å². The van der Waals surface area contributed by atoms with E-state index < -0.39 is 12.0 Å². The number of H-pyrrole nitrogens is 1. The Morgan fingerprint density at radius 3 is 2.89 bits per heavy atom. The van der Waals surface area contributed by atoms with Gasteiger partial charge in [0.1, 0.15) is 34.5 Å². The minimum atomic E-state index is -0.626. The van der Waals surface area contributed by atoms with Crippen molar-refractivity contribution < 1.29 is 23.8 Å². The lowest BCUT2D eigenvalue weighted by atomic mass is 9.97. The Morgan fingerprint density at radius 1 is 1.37 bits per heavy atom. The van der Waals surface area contributed by atoms with Crippen LogP contribution in [0.15, 0.2) is 46.8 Å². The van der Waals surface area contributed by atoms with E-state index in [0.29, 0.717) is 17.4 Å². The van der Waals surface area contributed by atoms with Crippen LogP contribution >= 0.6 is 23.5 Å². The highest BCUT2D eigenvalue weighted by molar-refractivity contribution is 8.01. The van der Waals surface area contributed by atoms with Crippen molar-refractivity contribution in [2.45, 2.75) is 53.7 Å². The van der Waals surface area contributed by atoms with Crippen molar-refractivity contribution in [3.63, 3.8) is 0 Å². The molecule has 3 aliphatic rings. The third-order valence-corrected chi connectivity index (χ3v) is 8.90. The van der Waals surface area contributed by atoms with Gasteiger partial charge in [0.25, 0.3) is 0 Å². The SMILES string of the molecule is COc1ccc(COC(=O)C2=C(C(Sc3cn[nH]n3)C3CCCCO3)CS[C@H]3C(N)C(=O)N23)cc1. The molecule has 35 heavy (non-hydrogen) atoms. The zero-order chi connectivity index (χ0) is 24.4. The minimum Gasteiger partial charge on any atom is -0.497 e. The summed E-state index contributed by atoms with van der Waals surface area (Å²) < 4.78 is 17.0. The van der Waals surface area contributed by atoms with Gasteiger partial charge in [-0.3, -0.25) is 9.69 Å². The van der Waals surface area contributed by atoms with Gasteiger partial charge in [-0.1, -0.05) is 23.9 Å². The van der Waals surface area contributed by atoms with Crippen LogP contribution in [0.2, 0.25) is 0 Å². The summed E-state index contributed by atoms with van der Waals surface area (Å²) in [7, 11) is 1.60. The largest absolute Gasteiger partial charge is 0.497 e. The number of amides is 1. The summed E-state index contributed by atoms with van der Waals surface area (Å²) in [5, 5.41) is 10.9. The molecule has 0 bridgehead atoms. The number of esters is 1. The number of aromatic nitrogens is 3. The summed E-state index contributed by atoms with van der Waals surface area (Å²) in [6.07, 6.45) is 4.42. The van der Waals surface area contributed by atoms with E-state index in [4.69, 9.17) is 19.9 Å². The molecule has 5 rings (SSSR count). The molecule has 2 saturated heterocycles. The van der Waals surface area contributed by atoms with Gasteiger partial charge in [-0.2, -0.15) is 10.3 Å². The Balaban J connectivity index is 1.46. The molecule has 1 aromatic heterocycles. The van der Waals surface area contributed by atoms with Crippen LogP contribution in [0.1, 0.15) is 24.8 Å². The maximum atomic E-state index is 13.5. The van der Waals surface area contributed by atoms with Crippen LogP contribution < -0.4 is 10.5 Å². The predicted molar refractivity (Wildman–Crippen MR) is 131 cm³/mol. The number of carbonyl (C=O) groups excluding carboxylic acids is 2. The Morgan fingerprint density at radius 2 is 2.20 bits per heavy atom. The number of nitrogens with zero attached hydrogens (tertiary/aromatic N) is 3. The first kappa shape index (κ1) is 24.2. The lowest BCUT2D eigenvalue weighted by Crippen LogP contribution is -2.68. The zero-order valence-electron chi connectivity index (χ0n) is 19.2. The molecule has 10 nitrogen and oxygen atoms in total. The number of aromatic amines is 1. The van der Waals surface area contributed by atoms with Crippen LogP contribution in [0.25, 0.3) is 0 Å². The van der Waals surface area contributed by atoms with Crippen molar-refractivity contribution in [3.8, 4) is 5.75 Å². The van der Waals surface area contributed by atoms with Crippen molar-refractivity contribution >= 4 is 35.4 Å². The lowest BCUT2D eigenvalue weighted by molar-refractivity contribution is -0.151. The number of nitrogens with two attached hydrogens (primary N) is 1. The summed E-state index contributed by atoms with van der Waals surface area (Å²) >= 11 is 3.05. The number of carbonyl (C=O) groups is 2. The molecule has 0 radical (unpaired) electrons. The Kier molecular flexibility index (Phi) is 7.32. The van der Waals surface area contributed by atoms with Crippen molar-refractivity contribution in [1.82, 2.24) is 20.3 Å². The Labute approximate surface area is 211 Å². The van der Waals surface area contributed by atoms with Gasteiger partial charge >= 0.3 is 5.97 Å². The molecule has 3 unspecified atom stereocenters. The highest BCUT2D eigenvalue weighted by Gasteiger charge is 2.53. The molecule has 186 valence electrons. The van der Waals surface area contributed by atoms with E-state index in [1.807, 2.05) is 24.3 Å². The van der Waals surface area contributed by atoms with Crippen molar-refractivity contribution in [2.24, 2.45) is 5.73 Å². The van der Waals surface area contributed by atoms with E-state index in [-0.39, 0.29) is 34.9 Å². The van der Waals surface area contributed by atoms with Gasteiger partial charge in [0.2, 0.25) is 5.91 Å². The highest BCUT2D eigenvalue weighted by atomic mass is 32.2. The van der Waals surface area contributed by atoms with Crippen LogP contribution in [-0.2, 0) is 25.7 Å². The topological polar surface area (TPSA) is 133 Å². The average molecular weight is 518 g/mol. The van der Waals surface area contributed by atoms with Crippen LogP contribution in [0.4, 0.5) is 0 Å². The second kappa shape index (κ2) is 10.6. The molecule has 3 N–H and O–H groups in total. The molecule has 0 aliphatic carbocycles. The number of β-lactam (4-membered cyclic amide) rings is 1. The monoisotopic (exact) mass is 517 g/mol. The summed E-state index contributed by atoms with van der Waals surface area (Å²) in [6.45, 7) is 0.737. The first-order chi connectivity index (χ1) is 17.1. The number of methoxy groups -OCH3 is 1. The maximum Gasteiger partial charge on any atom is 0.355 e. The van der Waals surface area contributed by atoms with Gasteiger partial charge in [-0.05, 0) is 42.5 Å². The fourth-order valence-corrected chi connectivity index (χ4v) is 7.06. The minimum absolute atomic E-state index is 0.0759. The van der Waals surface area contributed by atoms with E-state index in [1.165, 1.54) is 16.7 Å². The number of fused-ring (bicyclic) bond motifs is 1. The fraction of sp³-hybridized carbons (Fsp3) is 0.478. The molecule has 0 saturated carbocycles. The van der Waals surface area contributed by atoms with E-state index in [1.54, 1.807) is 25.1 Å².